The summed E-state index contributed by atoms with van der Waals surface area (Å²) in [5.74, 6) is 3.15. The summed E-state index contributed by atoms with van der Waals surface area (Å²) in [6.07, 6.45) is 1.10. The van der Waals surface area contributed by atoms with Crippen LogP contribution in [0.2, 0.25) is 0 Å². The van der Waals surface area contributed by atoms with E-state index in [1.165, 1.54) is 0 Å². The molecule has 0 aliphatic carbocycles. The van der Waals surface area contributed by atoms with Gasteiger partial charge in [0, 0.05) is 32.7 Å². The standard InChI is InChI=1S/C18H27N3O3/c1-3-19-18(21-9-8-14(11-21)12-22-2)20-10-15-13-23-16-6-4-5-7-17(16)24-15/h4-7,14-15H,3,8-13H2,1-2H3,(H,19,20). The minimum absolute atomic E-state index is 0.0501. The molecule has 0 amide bonds. The molecule has 1 aromatic carbocycles. The monoisotopic (exact) mass is 333 g/mol. The zero-order valence-electron chi connectivity index (χ0n) is 14.5. The van der Waals surface area contributed by atoms with Gasteiger partial charge in [0.2, 0.25) is 0 Å². The number of hydrogen-bond donors (Lipinski definition) is 1. The molecule has 1 N–H and O–H groups in total. The third kappa shape index (κ3) is 4.12. The average molecular weight is 333 g/mol. The predicted molar refractivity (Wildman–Crippen MR) is 93.9 cm³/mol. The highest BCUT2D eigenvalue weighted by Gasteiger charge is 2.26. The van der Waals surface area contributed by atoms with Crippen LogP contribution < -0.4 is 14.8 Å². The van der Waals surface area contributed by atoms with E-state index in [0.29, 0.717) is 19.1 Å². The van der Waals surface area contributed by atoms with Gasteiger partial charge in [-0.15, -0.1) is 0 Å². The molecule has 0 saturated carbocycles. The molecule has 1 fully saturated rings. The molecule has 6 heteroatoms. The lowest BCUT2D eigenvalue weighted by molar-refractivity contribution is 0.0969. The molecule has 24 heavy (non-hydrogen) atoms. The van der Waals surface area contributed by atoms with Crippen LogP contribution >= 0.6 is 0 Å². The van der Waals surface area contributed by atoms with Crippen LogP contribution in [-0.4, -0.2) is 63.5 Å². The smallest absolute Gasteiger partial charge is 0.194 e. The van der Waals surface area contributed by atoms with Crippen molar-refractivity contribution in [3.8, 4) is 11.5 Å². The van der Waals surface area contributed by atoms with Crippen LogP contribution in [0.4, 0.5) is 0 Å². The molecular formula is C18H27N3O3. The van der Waals surface area contributed by atoms with Gasteiger partial charge in [0.05, 0.1) is 13.2 Å². The van der Waals surface area contributed by atoms with Crippen LogP contribution in [0.1, 0.15) is 13.3 Å². The molecule has 0 bridgehead atoms. The van der Waals surface area contributed by atoms with Gasteiger partial charge < -0.3 is 24.4 Å². The number of ether oxygens (including phenoxy) is 3. The Morgan fingerprint density at radius 3 is 3.00 bits per heavy atom. The summed E-state index contributed by atoms with van der Waals surface area (Å²) in [5, 5.41) is 3.38. The Kier molecular flexibility index (Phi) is 5.80. The van der Waals surface area contributed by atoms with Gasteiger partial charge in [0.1, 0.15) is 6.61 Å². The molecule has 132 valence electrons. The number of para-hydroxylation sites is 2. The van der Waals surface area contributed by atoms with Crippen LogP contribution in [0.15, 0.2) is 29.3 Å². The van der Waals surface area contributed by atoms with E-state index in [-0.39, 0.29) is 6.10 Å². The first-order valence-electron chi connectivity index (χ1n) is 8.70. The SMILES string of the molecule is CCNC(=NCC1COc2ccccc2O1)N1CCC(COC)C1. The number of fused-ring (bicyclic) bond motifs is 1. The van der Waals surface area contributed by atoms with Gasteiger partial charge in [0.25, 0.3) is 0 Å². The number of guanidine groups is 1. The number of nitrogens with one attached hydrogen (secondary N) is 1. The first-order chi connectivity index (χ1) is 11.8. The first-order valence-corrected chi connectivity index (χ1v) is 8.70. The fourth-order valence-corrected chi connectivity index (χ4v) is 3.16. The second-order valence-electron chi connectivity index (χ2n) is 6.25. The molecule has 2 aliphatic heterocycles. The van der Waals surface area contributed by atoms with E-state index in [1.807, 2.05) is 24.3 Å². The Hall–Kier alpha value is -1.95. The van der Waals surface area contributed by atoms with E-state index in [4.69, 9.17) is 19.2 Å². The lowest BCUT2D eigenvalue weighted by Gasteiger charge is -2.26. The Balaban J connectivity index is 1.59. The van der Waals surface area contributed by atoms with E-state index in [0.717, 1.165) is 50.1 Å². The summed E-state index contributed by atoms with van der Waals surface area (Å²) < 4.78 is 17.0. The van der Waals surface area contributed by atoms with Gasteiger partial charge >= 0.3 is 0 Å². The second kappa shape index (κ2) is 8.24. The van der Waals surface area contributed by atoms with Crippen molar-refractivity contribution in [3.63, 3.8) is 0 Å². The van der Waals surface area contributed by atoms with E-state index < -0.39 is 0 Å². The van der Waals surface area contributed by atoms with Crippen LogP contribution in [0, 0.1) is 5.92 Å². The summed E-state index contributed by atoms with van der Waals surface area (Å²) in [6.45, 7) is 6.89. The molecule has 3 rings (SSSR count). The Morgan fingerprint density at radius 2 is 2.21 bits per heavy atom. The number of benzene rings is 1. The topological polar surface area (TPSA) is 55.3 Å². The van der Waals surface area contributed by atoms with E-state index >= 15 is 0 Å². The Labute approximate surface area is 143 Å². The molecule has 6 nitrogen and oxygen atoms in total. The minimum Gasteiger partial charge on any atom is -0.486 e. The lowest BCUT2D eigenvalue weighted by Crippen LogP contribution is -2.41. The largest absolute Gasteiger partial charge is 0.486 e. The van der Waals surface area contributed by atoms with Crippen LogP contribution in [0.3, 0.4) is 0 Å². The van der Waals surface area contributed by atoms with E-state index in [9.17, 15) is 0 Å². The lowest BCUT2D eigenvalue weighted by atomic mass is 10.1. The number of methoxy groups -OCH3 is 1. The van der Waals surface area contributed by atoms with Crippen molar-refractivity contribution in [2.24, 2.45) is 10.9 Å². The molecule has 2 heterocycles. The van der Waals surface area contributed by atoms with Crippen molar-refractivity contribution in [1.82, 2.24) is 10.2 Å². The number of likely N-dealkylation sites (tertiary alicyclic amines) is 1. The number of aliphatic imine (C=N–C) groups is 1. The van der Waals surface area contributed by atoms with E-state index in [1.54, 1.807) is 7.11 Å². The van der Waals surface area contributed by atoms with Gasteiger partial charge in [-0.2, -0.15) is 0 Å². The summed E-state index contributed by atoms with van der Waals surface area (Å²) in [5.41, 5.74) is 0. The minimum atomic E-state index is -0.0501. The van der Waals surface area contributed by atoms with E-state index in [2.05, 4.69) is 17.1 Å². The number of rotatable bonds is 5. The van der Waals surface area contributed by atoms with Gasteiger partial charge in [0.15, 0.2) is 23.6 Å². The Morgan fingerprint density at radius 1 is 1.38 bits per heavy atom. The van der Waals surface area contributed by atoms with Gasteiger partial charge in [-0.25, -0.2) is 4.99 Å². The zero-order valence-corrected chi connectivity index (χ0v) is 14.5. The summed E-state index contributed by atoms with van der Waals surface area (Å²) in [6, 6.07) is 7.77. The quantitative estimate of drug-likeness (QED) is 0.657. The summed E-state index contributed by atoms with van der Waals surface area (Å²) in [4.78, 5) is 7.08. The molecule has 2 aliphatic rings. The maximum atomic E-state index is 5.98. The fourth-order valence-electron chi connectivity index (χ4n) is 3.16. The van der Waals surface area contributed by atoms with Crippen molar-refractivity contribution >= 4 is 5.96 Å². The van der Waals surface area contributed by atoms with Gasteiger partial charge in [-0.1, -0.05) is 12.1 Å². The van der Waals surface area contributed by atoms with Gasteiger partial charge in [-0.3, -0.25) is 0 Å². The van der Waals surface area contributed by atoms with Crippen molar-refractivity contribution < 1.29 is 14.2 Å². The van der Waals surface area contributed by atoms with Crippen LogP contribution in [-0.2, 0) is 4.74 Å². The molecule has 0 spiro atoms. The normalized spacial score (nSPS) is 23.4. The maximum Gasteiger partial charge on any atom is 0.194 e. The molecular weight excluding hydrogens is 306 g/mol. The highest BCUT2D eigenvalue weighted by Crippen LogP contribution is 2.30. The third-order valence-corrected chi connectivity index (χ3v) is 4.33. The number of hydrogen-bond acceptors (Lipinski definition) is 4. The predicted octanol–water partition coefficient (Wildman–Crippen LogP) is 1.76. The van der Waals surface area contributed by atoms with Crippen molar-refractivity contribution in [2.45, 2.75) is 19.4 Å². The van der Waals surface area contributed by atoms with Gasteiger partial charge in [-0.05, 0) is 25.5 Å². The highest BCUT2D eigenvalue weighted by atomic mass is 16.6. The van der Waals surface area contributed by atoms with Crippen LogP contribution in [0.5, 0.6) is 11.5 Å². The highest BCUT2D eigenvalue weighted by molar-refractivity contribution is 5.80. The summed E-state index contributed by atoms with van der Waals surface area (Å²) >= 11 is 0. The zero-order chi connectivity index (χ0) is 16.8. The molecule has 2 unspecified atom stereocenters. The van der Waals surface area contributed by atoms with Crippen LogP contribution in [0.25, 0.3) is 0 Å². The molecule has 0 radical (unpaired) electrons. The fraction of sp³-hybridized carbons (Fsp3) is 0.611. The molecule has 0 aromatic heterocycles. The second-order valence-corrected chi connectivity index (χ2v) is 6.25. The maximum absolute atomic E-state index is 5.98. The van der Waals surface area contributed by atoms with Crippen molar-refractivity contribution in [2.75, 3.05) is 46.5 Å². The first kappa shape index (κ1) is 16.9. The molecule has 1 aromatic rings. The molecule has 2 atom stereocenters. The third-order valence-electron chi connectivity index (χ3n) is 4.33. The number of nitrogens with zero attached hydrogens (tertiary/aromatic N) is 2. The van der Waals surface area contributed by atoms with Crippen molar-refractivity contribution in [3.05, 3.63) is 24.3 Å². The Bertz CT molecular complexity index is 564. The van der Waals surface area contributed by atoms with Crippen molar-refractivity contribution in [1.29, 1.82) is 0 Å². The summed E-state index contributed by atoms with van der Waals surface area (Å²) in [7, 11) is 1.76. The molecule has 1 saturated heterocycles. The average Bonchev–Trinajstić information content (AvgIpc) is 3.07.